The van der Waals surface area contributed by atoms with E-state index in [1.807, 2.05) is 24.3 Å². The molecular formula is C22H25N3O. The number of hydrogen-bond acceptors (Lipinski definition) is 4. The minimum atomic E-state index is 0.766. The number of para-hydroxylation sites is 2. The average molecular weight is 347 g/mol. The lowest BCUT2D eigenvalue weighted by atomic mass is 9.84. The lowest BCUT2D eigenvalue weighted by Gasteiger charge is -2.23. The largest absolute Gasteiger partial charge is 0.497 e. The Morgan fingerprint density at radius 2 is 1.85 bits per heavy atom. The second-order valence-corrected chi connectivity index (χ2v) is 7.10. The second-order valence-electron chi connectivity index (χ2n) is 7.10. The van der Waals surface area contributed by atoms with Gasteiger partial charge in [-0.25, -0.2) is 4.98 Å². The van der Waals surface area contributed by atoms with Crippen LogP contribution in [-0.2, 0) is 6.42 Å². The standard InChI is InChI=1S/C22H25N3O/c1-26-18-12-11-17(13-16-7-3-2-4-8-16)21(14-18)25-22-15-23-19-9-5-6-10-20(19)24-22/h5-6,9-12,14-16H,2-4,7-8,13H2,1H3,(H,24,25). The molecule has 0 spiro atoms. The molecule has 0 aliphatic heterocycles. The van der Waals surface area contributed by atoms with Gasteiger partial charge in [-0.2, -0.15) is 0 Å². The zero-order chi connectivity index (χ0) is 17.8. The molecule has 4 nitrogen and oxygen atoms in total. The van der Waals surface area contributed by atoms with Crippen LogP contribution in [0.3, 0.4) is 0 Å². The Balaban J connectivity index is 1.61. The number of methoxy groups -OCH3 is 1. The molecule has 1 aliphatic carbocycles. The van der Waals surface area contributed by atoms with Gasteiger partial charge >= 0.3 is 0 Å². The van der Waals surface area contributed by atoms with E-state index in [0.717, 1.165) is 40.6 Å². The molecule has 1 aliphatic rings. The number of ether oxygens (including phenoxy) is 1. The van der Waals surface area contributed by atoms with E-state index in [1.165, 1.54) is 37.7 Å². The van der Waals surface area contributed by atoms with Crippen molar-refractivity contribution in [2.75, 3.05) is 12.4 Å². The summed E-state index contributed by atoms with van der Waals surface area (Å²) < 4.78 is 5.43. The summed E-state index contributed by atoms with van der Waals surface area (Å²) in [6, 6.07) is 14.2. The first-order valence-corrected chi connectivity index (χ1v) is 9.47. The molecule has 1 aromatic heterocycles. The van der Waals surface area contributed by atoms with Gasteiger partial charge in [0.25, 0.3) is 0 Å². The predicted octanol–water partition coefficient (Wildman–Crippen LogP) is 5.50. The molecular weight excluding hydrogens is 322 g/mol. The molecule has 26 heavy (non-hydrogen) atoms. The van der Waals surface area contributed by atoms with Crippen LogP contribution in [0.5, 0.6) is 5.75 Å². The molecule has 1 heterocycles. The molecule has 0 unspecified atom stereocenters. The van der Waals surface area contributed by atoms with Crippen molar-refractivity contribution >= 4 is 22.5 Å². The van der Waals surface area contributed by atoms with Crippen LogP contribution in [0.15, 0.2) is 48.7 Å². The molecule has 0 amide bonds. The predicted molar refractivity (Wildman–Crippen MR) is 106 cm³/mol. The first kappa shape index (κ1) is 16.8. The molecule has 1 fully saturated rings. The summed E-state index contributed by atoms with van der Waals surface area (Å²) in [4.78, 5) is 9.21. The van der Waals surface area contributed by atoms with Crippen LogP contribution in [-0.4, -0.2) is 17.1 Å². The molecule has 2 aromatic carbocycles. The summed E-state index contributed by atoms with van der Waals surface area (Å²) in [7, 11) is 1.70. The molecule has 0 saturated heterocycles. The second kappa shape index (κ2) is 7.73. The van der Waals surface area contributed by atoms with Crippen molar-refractivity contribution in [2.24, 2.45) is 5.92 Å². The van der Waals surface area contributed by atoms with Gasteiger partial charge in [0.1, 0.15) is 11.6 Å². The Morgan fingerprint density at radius 3 is 2.65 bits per heavy atom. The van der Waals surface area contributed by atoms with E-state index in [-0.39, 0.29) is 0 Å². The fraction of sp³-hybridized carbons (Fsp3) is 0.364. The summed E-state index contributed by atoms with van der Waals surface area (Å²) in [5.74, 6) is 2.40. The summed E-state index contributed by atoms with van der Waals surface area (Å²) >= 11 is 0. The van der Waals surface area contributed by atoms with Crippen LogP contribution < -0.4 is 10.1 Å². The van der Waals surface area contributed by atoms with Crippen LogP contribution in [0.4, 0.5) is 11.5 Å². The highest BCUT2D eigenvalue weighted by Crippen LogP contribution is 2.32. The summed E-state index contributed by atoms with van der Waals surface area (Å²) in [5.41, 5.74) is 4.20. The lowest BCUT2D eigenvalue weighted by molar-refractivity contribution is 0.356. The van der Waals surface area contributed by atoms with Gasteiger partial charge in [-0.1, -0.05) is 50.3 Å². The Morgan fingerprint density at radius 1 is 1.04 bits per heavy atom. The van der Waals surface area contributed by atoms with Crippen molar-refractivity contribution in [2.45, 2.75) is 38.5 Å². The van der Waals surface area contributed by atoms with Crippen LogP contribution >= 0.6 is 0 Å². The Bertz CT molecular complexity index is 887. The van der Waals surface area contributed by atoms with Crippen LogP contribution in [0, 0.1) is 5.92 Å². The van der Waals surface area contributed by atoms with Crippen molar-refractivity contribution in [3.8, 4) is 5.75 Å². The number of rotatable bonds is 5. The number of hydrogen-bond donors (Lipinski definition) is 1. The van der Waals surface area contributed by atoms with Crippen LogP contribution in [0.2, 0.25) is 0 Å². The molecule has 4 rings (SSSR count). The van der Waals surface area contributed by atoms with Crippen molar-refractivity contribution < 1.29 is 4.74 Å². The first-order chi connectivity index (χ1) is 12.8. The average Bonchev–Trinajstić information content (AvgIpc) is 2.70. The van der Waals surface area contributed by atoms with E-state index in [2.05, 4.69) is 28.5 Å². The fourth-order valence-corrected chi connectivity index (χ4v) is 3.83. The Labute approximate surface area is 154 Å². The fourth-order valence-electron chi connectivity index (χ4n) is 3.83. The Hall–Kier alpha value is -2.62. The van der Waals surface area contributed by atoms with Gasteiger partial charge in [-0.15, -0.1) is 0 Å². The molecule has 0 atom stereocenters. The highest BCUT2D eigenvalue weighted by molar-refractivity contribution is 5.76. The zero-order valence-corrected chi connectivity index (χ0v) is 15.2. The van der Waals surface area contributed by atoms with Crippen molar-refractivity contribution in [3.05, 3.63) is 54.2 Å². The molecule has 0 bridgehead atoms. The molecule has 0 radical (unpaired) electrons. The minimum Gasteiger partial charge on any atom is -0.497 e. The van der Waals surface area contributed by atoms with Crippen molar-refractivity contribution in [1.29, 1.82) is 0 Å². The highest BCUT2D eigenvalue weighted by atomic mass is 16.5. The van der Waals surface area contributed by atoms with Gasteiger partial charge in [-0.3, -0.25) is 4.98 Å². The monoisotopic (exact) mass is 347 g/mol. The number of nitrogens with zero attached hydrogens (tertiary/aromatic N) is 2. The molecule has 134 valence electrons. The van der Waals surface area contributed by atoms with Gasteiger partial charge < -0.3 is 10.1 Å². The van der Waals surface area contributed by atoms with Gasteiger partial charge in [0.2, 0.25) is 0 Å². The van der Waals surface area contributed by atoms with Gasteiger partial charge in [0.05, 0.1) is 24.3 Å². The summed E-state index contributed by atoms with van der Waals surface area (Å²) in [6.45, 7) is 0. The van der Waals surface area contributed by atoms with E-state index >= 15 is 0 Å². The van der Waals surface area contributed by atoms with Crippen LogP contribution in [0.25, 0.3) is 11.0 Å². The topological polar surface area (TPSA) is 47.0 Å². The third kappa shape index (κ3) is 3.79. The number of anilines is 2. The van der Waals surface area contributed by atoms with Gasteiger partial charge in [0.15, 0.2) is 0 Å². The van der Waals surface area contributed by atoms with E-state index < -0.39 is 0 Å². The SMILES string of the molecule is COc1ccc(CC2CCCCC2)c(Nc2cnc3ccccc3n2)c1. The lowest BCUT2D eigenvalue weighted by Crippen LogP contribution is -2.10. The minimum absolute atomic E-state index is 0.766. The molecule has 1 saturated carbocycles. The number of benzene rings is 2. The highest BCUT2D eigenvalue weighted by Gasteiger charge is 2.16. The summed E-state index contributed by atoms with van der Waals surface area (Å²) in [6.07, 6.45) is 9.68. The maximum Gasteiger partial charge on any atom is 0.149 e. The summed E-state index contributed by atoms with van der Waals surface area (Å²) in [5, 5.41) is 3.48. The molecule has 3 aromatic rings. The molecule has 4 heteroatoms. The number of fused-ring (bicyclic) bond motifs is 1. The van der Waals surface area contributed by atoms with E-state index in [9.17, 15) is 0 Å². The number of aromatic nitrogens is 2. The third-order valence-electron chi connectivity index (χ3n) is 5.26. The normalized spacial score (nSPS) is 15.1. The maximum atomic E-state index is 5.43. The third-order valence-corrected chi connectivity index (χ3v) is 5.26. The molecule has 1 N–H and O–H groups in total. The van der Waals surface area contributed by atoms with E-state index in [1.54, 1.807) is 13.3 Å². The van der Waals surface area contributed by atoms with E-state index in [0.29, 0.717) is 0 Å². The quantitative estimate of drug-likeness (QED) is 0.661. The van der Waals surface area contributed by atoms with Gasteiger partial charge in [-0.05, 0) is 36.1 Å². The first-order valence-electron chi connectivity index (χ1n) is 9.47. The van der Waals surface area contributed by atoms with Crippen molar-refractivity contribution in [1.82, 2.24) is 9.97 Å². The van der Waals surface area contributed by atoms with E-state index in [4.69, 9.17) is 9.72 Å². The smallest absolute Gasteiger partial charge is 0.149 e. The maximum absolute atomic E-state index is 5.43. The number of nitrogens with one attached hydrogen (secondary N) is 1. The Kier molecular flexibility index (Phi) is 5.00. The van der Waals surface area contributed by atoms with Gasteiger partial charge in [0, 0.05) is 11.8 Å². The van der Waals surface area contributed by atoms with Crippen LogP contribution in [0.1, 0.15) is 37.7 Å². The zero-order valence-electron chi connectivity index (χ0n) is 15.2. The van der Waals surface area contributed by atoms with Crippen molar-refractivity contribution in [3.63, 3.8) is 0 Å².